The van der Waals surface area contributed by atoms with E-state index in [1.165, 1.54) is 18.4 Å². The summed E-state index contributed by atoms with van der Waals surface area (Å²) in [5.41, 5.74) is 3.23. The molecule has 3 heteroatoms. The number of benzene rings is 1. The van der Waals surface area contributed by atoms with Crippen molar-refractivity contribution in [3.8, 4) is 5.75 Å². The number of hydrogen-bond acceptors (Lipinski definition) is 2. The summed E-state index contributed by atoms with van der Waals surface area (Å²) >= 11 is 1.95. The number of nitrogens with zero attached hydrogens (tertiary/aromatic N) is 1. The lowest BCUT2D eigenvalue weighted by atomic mass is 9.98. The van der Waals surface area contributed by atoms with Gasteiger partial charge in [-0.2, -0.15) is 0 Å². The van der Waals surface area contributed by atoms with Crippen LogP contribution in [0.4, 0.5) is 0 Å². The zero-order valence-corrected chi connectivity index (χ0v) is 13.4. The van der Waals surface area contributed by atoms with E-state index in [1.54, 1.807) is 6.21 Å². The smallest absolute Gasteiger partial charge is 0.127 e. The summed E-state index contributed by atoms with van der Waals surface area (Å²) in [6, 6.07) is 4.22. The number of phenolic OH excluding ortho intramolecular Hbond substituents is 1. The minimum atomic E-state index is 0.407. The van der Waals surface area contributed by atoms with Gasteiger partial charge in [-0.25, -0.2) is 3.21 Å². The molecular formula is C15H22INO. The van der Waals surface area contributed by atoms with Crippen LogP contribution in [0.15, 0.2) is 15.3 Å². The molecule has 1 N–H and O–H groups in total. The zero-order chi connectivity index (χ0) is 13.4. The Kier molecular flexibility index (Phi) is 7.32. The molecule has 0 radical (unpaired) electrons. The highest BCUT2D eigenvalue weighted by Gasteiger charge is 2.08. The molecule has 0 aliphatic heterocycles. The van der Waals surface area contributed by atoms with Crippen molar-refractivity contribution in [3.63, 3.8) is 0 Å². The molecule has 18 heavy (non-hydrogen) atoms. The van der Waals surface area contributed by atoms with E-state index < -0.39 is 0 Å². The first-order valence-electron chi connectivity index (χ1n) is 6.72. The SMILES string of the molecule is CCCCc1cc(C=NI)c(O)c(CCCC)c1. The summed E-state index contributed by atoms with van der Waals surface area (Å²) in [6.07, 6.45) is 8.42. The van der Waals surface area contributed by atoms with E-state index in [1.807, 2.05) is 22.9 Å². The Morgan fingerprint density at radius 1 is 1.17 bits per heavy atom. The average molecular weight is 359 g/mol. The van der Waals surface area contributed by atoms with Crippen molar-refractivity contribution in [2.45, 2.75) is 52.4 Å². The third kappa shape index (κ3) is 4.59. The van der Waals surface area contributed by atoms with Crippen LogP contribution in [0.3, 0.4) is 0 Å². The third-order valence-electron chi connectivity index (χ3n) is 3.08. The fourth-order valence-corrected chi connectivity index (χ4v) is 2.32. The van der Waals surface area contributed by atoms with E-state index in [9.17, 15) is 5.11 Å². The van der Waals surface area contributed by atoms with Crippen LogP contribution in [-0.2, 0) is 12.8 Å². The van der Waals surface area contributed by atoms with Crippen LogP contribution in [0, 0.1) is 0 Å². The van der Waals surface area contributed by atoms with Crippen molar-refractivity contribution in [2.24, 2.45) is 3.21 Å². The number of phenols is 1. The molecule has 0 atom stereocenters. The maximum Gasteiger partial charge on any atom is 0.127 e. The fraction of sp³-hybridized carbons (Fsp3) is 0.533. The molecule has 0 bridgehead atoms. The normalized spacial score (nSPS) is 11.3. The van der Waals surface area contributed by atoms with Gasteiger partial charge in [0.25, 0.3) is 0 Å². The van der Waals surface area contributed by atoms with E-state index in [-0.39, 0.29) is 0 Å². The monoisotopic (exact) mass is 359 g/mol. The summed E-state index contributed by atoms with van der Waals surface area (Å²) in [5, 5.41) is 10.2. The lowest BCUT2D eigenvalue weighted by molar-refractivity contribution is 0.465. The number of hydrogen-bond donors (Lipinski definition) is 1. The van der Waals surface area contributed by atoms with Crippen LogP contribution < -0.4 is 0 Å². The highest BCUT2D eigenvalue weighted by Crippen LogP contribution is 2.26. The molecule has 2 nitrogen and oxygen atoms in total. The Morgan fingerprint density at radius 2 is 1.83 bits per heavy atom. The van der Waals surface area contributed by atoms with Crippen LogP contribution in [0.1, 0.15) is 56.2 Å². The van der Waals surface area contributed by atoms with Gasteiger partial charge in [-0.05, 0) is 42.9 Å². The molecule has 0 unspecified atom stereocenters. The third-order valence-corrected chi connectivity index (χ3v) is 3.36. The number of aromatic hydroxyl groups is 1. The molecule has 0 aromatic heterocycles. The number of rotatable bonds is 7. The average Bonchev–Trinajstić information content (AvgIpc) is 2.38. The minimum absolute atomic E-state index is 0.407. The Hall–Kier alpha value is -0.580. The van der Waals surface area contributed by atoms with Gasteiger partial charge < -0.3 is 5.11 Å². The lowest BCUT2D eigenvalue weighted by Gasteiger charge is -2.10. The first-order chi connectivity index (χ1) is 8.72. The lowest BCUT2D eigenvalue weighted by Crippen LogP contribution is -1.95. The summed E-state index contributed by atoms with van der Waals surface area (Å²) in [6.45, 7) is 4.37. The molecule has 0 saturated heterocycles. The molecule has 0 heterocycles. The summed E-state index contributed by atoms with van der Waals surface area (Å²) in [4.78, 5) is 0. The van der Waals surface area contributed by atoms with Crippen molar-refractivity contribution in [1.29, 1.82) is 0 Å². The van der Waals surface area contributed by atoms with E-state index >= 15 is 0 Å². The first kappa shape index (κ1) is 15.5. The second-order valence-corrected chi connectivity index (χ2v) is 5.18. The van der Waals surface area contributed by atoms with Crippen LogP contribution >= 0.6 is 22.9 Å². The van der Waals surface area contributed by atoms with Crippen LogP contribution in [-0.4, -0.2) is 11.3 Å². The fourth-order valence-electron chi connectivity index (χ4n) is 2.02. The van der Waals surface area contributed by atoms with Crippen molar-refractivity contribution >= 4 is 29.1 Å². The van der Waals surface area contributed by atoms with Crippen LogP contribution in [0.5, 0.6) is 5.75 Å². The van der Waals surface area contributed by atoms with Gasteiger partial charge in [-0.1, -0.05) is 32.8 Å². The van der Waals surface area contributed by atoms with Gasteiger partial charge in [0.15, 0.2) is 0 Å². The maximum absolute atomic E-state index is 10.2. The minimum Gasteiger partial charge on any atom is -0.507 e. The van der Waals surface area contributed by atoms with E-state index in [0.29, 0.717) is 5.75 Å². The van der Waals surface area contributed by atoms with Crippen molar-refractivity contribution in [2.75, 3.05) is 0 Å². The summed E-state index contributed by atoms with van der Waals surface area (Å²) in [5.74, 6) is 0.407. The Labute approximate surface area is 124 Å². The number of halogens is 1. The molecule has 0 fully saturated rings. The molecule has 0 amide bonds. The molecular weight excluding hydrogens is 337 g/mol. The highest BCUT2D eigenvalue weighted by molar-refractivity contribution is 14.1. The van der Waals surface area contributed by atoms with Gasteiger partial charge in [0.2, 0.25) is 0 Å². The molecule has 0 saturated carbocycles. The van der Waals surface area contributed by atoms with Crippen molar-refractivity contribution in [1.82, 2.24) is 0 Å². The number of unbranched alkanes of at least 4 members (excludes halogenated alkanes) is 2. The molecule has 0 spiro atoms. The Morgan fingerprint density at radius 3 is 2.44 bits per heavy atom. The molecule has 100 valence electrons. The summed E-state index contributed by atoms with van der Waals surface area (Å²) < 4.78 is 3.99. The largest absolute Gasteiger partial charge is 0.507 e. The predicted octanol–water partition coefficient (Wildman–Crippen LogP) is 4.85. The van der Waals surface area contributed by atoms with Crippen molar-refractivity contribution in [3.05, 3.63) is 28.8 Å². The van der Waals surface area contributed by atoms with Gasteiger partial charge in [0.05, 0.1) is 22.9 Å². The predicted molar refractivity (Wildman–Crippen MR) is 86.9 cm³/mol. The van der Waals surface area contributed by atoms with Gasteiger partial charge in [-0.3, -0.25) is 0 Å². The van der Waals surface area contributed by atoms with Crippen molar-refractivity contribution < 1.29 is 5.11 Å². The van der Waals surface area contributed by atoms with E-state index in [2.05, 4.69) is 29.2 Å². The van der Waals surface area contributed by atoms with Gasteiger partial charge >= 0.3 is 0 Å². The van der Waals surface area contributed by atoms with Gasteiger partial charge in [0.1, 0.15) is 5.75 Å². The van der Waals surface area contributed by atoms with Crippen LogP contribution in [0.25, 0.3) is 0 Å². The highest BCUT2D eigenvalue weighted by atomic mass is 127. The second-order valence-electron chi connectivity index (χ2n) is 4.63. The van der Waals surface area contributed by atoms with Gasteiger partial charge in [-0.15, -0.1) is 0 Å². The Bertz CT molecular complexity index is 402. The summed E-state index contributed by atoms with van der Waals surface area (Å²) in [7, 11) is 0. The first-order valence-corrected chi connectivity index (χ1v) is 7.68. The standard InChI is InChI=1S/C15H22INO/c1-3-5-7-12-9-13(8-6-4-2)15(18)14(10-12)11-17-16/h9-11,18H,3-8H2,1-2H3. The number of aryl methyl sites for hydroxylation is 2. The van der Waals surface area contributed by atoms with E-state index in [0.717, 1.165) is 36.8 Å². The van der Waals surface area contributed by atoms with Gasteiger partial charge in [0, 0.05) is 11.8 Å². The maximum atomic E-state index is 10.2. The molecule has 1 rings (SSSR count). The molecule has 0 aliphatic carbocycles. The Balaban J connectivity index is 3.02. The topological polar surface area (TPSA) is 32.6 Å². The van der Waals surface area contributed by atoms with E-state index in [4.69, 9.17) is 0 Å². The van der Waals surface area contributed by atoms with Crippen LogP contribution in [0.2, 0.25) is 0 Å². The zero-order valence-electron chi connectivity index (χ0n) is 11.2. The molecule has 1 aromatic rings. The molecule has 1 aromatic carbocycles. The second kappa shape index (κ2) is 8.51. The molecule has 0 aliphatic rings. The quantitative estimate of drug-likeness (QED) is 0.548.